The normalized spacial score (nSPS) is 12.0. The van der Waals surface area contributed by atoms with Crippen molar-refractivity contribution in [1.82, 2.24) is 20.1 Å². The highest BCUT2D eigenvalue weighted by atomic mass is 16.2. The van der Waals surface area contributed by atoms with Crippen LogP contribution >= 0.6 is 0 Å². The molecule has 152 valence electrons. The van der Waals surface area contributed by atoms with E-state index in [0.717, 1.165) is 17.5 Å². The lowest BCUT2D eigenvalue weighted by Crippen LogP contribution is -2.41. The smallest absolute Gasteiger partial charge is 0.314 e. The Bertz CT molecular complexity index is 1030. The first-order valence-electron chi connectivity index (χ1n) is 9.63. The van der Waals surface area contributed by atoms with Gasteiger partial charge in [-0.2, -0.15) is 5.10 Å². The van der Waals surface area contributed by atoms with Crippen molar-refractivity contribution in [3.63, 3.8) is 0 Å². The summed E-state index contributed by atoms with van der Waals surface area (Å²) in [6, 6.07) is 7.86. The van der Waals surface area contributed by atoms with Gasteiger partial charge in [0.25, 0.3) is 0 Å². The zero-order valence-electron chi connectivity index (χ0n) is 16.9. The number of nitrogens with one attached hydrogen (secondary N) is 2. The van der Waals surface area contributed by atoms with Crippen LogP contribution in [0.4, 0.5) is 11.5 Å². The molecule has 29 heavy (non-hydrogen) atoms. The summed E-state index contributed by atoms with van der Waals surface area (Å²) in [4.78, 5) is 31.4. The fourth-order valence-electron chi connectivity index (χ4n) is 3.09. The Morgan fingerprint density at radius 1 is 1.28 bits per heavy atom. The first-order chi connectivity index (χ1) is 13.9. The molecule has 0 bridgehead atoms. The molecule has 0 saturated carbocycles. The van der Waals surface area contributed by atoms with Gasteiger partial charge in [0.05, 0.1) is 29.0 Å². The number of hydrogen-bond acceptors (Lipinski definition) is 5. The van der Waals surface area contributed by atoms with Crippen molar-refractivity contribution in [3.8, 4) is 0 Å². The molecule has 0 aliphatic carbocycles. The molecule has 3 rings (SSSR count). The molecule has 0 spiro atoms. The number of carbonyl (C=O) groups is 2. The minimum absolute atomic E-state index is 0.272. The third-order valence-electron chi connectivity index (χ3n) is 5.10. The molecular weight excluding hydrogens is 368 g/mol. The molecule has 3 aromatic rings. The van der Waals surface area contributed by atoms with Gasteiger partial charge < -0.3 is 16.0 Å². The van der Waals surface area contributed by atoms with E-state index in [1.54, 1.807) is 4.90 Å². The second-order valence-corrected chi connectivity index (χ2v) is 7.30. The Balaban J connectivity index is 1.82. The van der Waals surface area contributed by atoms with E-state index in [-0.39, 0.29) is 5.92 Å². The van der Waals surface area contributed by atoms with Crippen molar-refractivity contribution < 1.29 is 9.59 Å². The first-order valence-corrected chi connectivity index (χ1v) is 9.63. The number of rotatable bonds is 6. The average Bonchev–Trinajstić information content (AvgIpc) is 3.21. The van der Waals surface area contributed by atoms with Crippen LogP contribution in [0.5, 0.6) is 0 Å². The number of aromatic amines is 1. The molecule has 4 N–H and O–H groups in total. The van der Waals surface area contributed by atoms with Crippen LogP contribution < -0.4 is 11.1 Å². The van der Waals surface area contributed by atoms with Crippen molar-refractivity contribution in [1.29, 1.82) is 0 Å². The van der Waals surface area contributed by atoms with Gasteiger partial charge in [0.15, 0.2) is 0 Å². The van der Waals surface area contributed by atoms with Crippen LogP contribution in [0.3, 0.4) is 0 Å². The quantitative estimate of drug-likeness (QED) is 0.556. The minimum atomic E-state index is -0.718. The van der Waals surface area contributed by atoms with Crippen molar-refractivity contribution in [3.05, 3.63) is 47.8 Å². The van der Waals surface area contributed by atoms with Gasteiger partial charge in [-0.3, -0.25) is 14.7 Å². The summed E-state index contributed by atoms with van der Waals surface area (Å²) in [6.45, 7) is 7.00. The van der Waals surface area contributed by atoms with Crippen LogP contribution in [0.25, 0.3) is 10.9 Å². The van der Waals surface area contributed by atoms with Gasteiger partial charge in [0.1, 0.15) is 5.82 Å². The number of benzene rings is 1. The Hall–Kier alpha value is -3.42. The Morgan fingerprint density at radius 2 is 2.03 bits per heavy atom. The standard InChI is InChI=1S/C21H26N6O2/c1-4-13(2)11-27(12-15-8-6-5-7-14(15)3)21(29)20(28)25-17-10-23-19(22)16-9-24-26-18(16)17/h5-10,13H,4,11-12H2,1-3H3,(H2,22,23)(H,24,26)(H,25,28)/t13-/m0/s1. The third-order valence-corrected chi connectivity index (χ3v) is 5.10. The van der Waals surface area contributed by atoms with E-state index < -0.39 is 11.8 Å². The van der Waals surface area contributed by atoms with Crippen molar-refractivity contribution in [2.75, 3.05) is 17.6 Å². The Kier molecular flexibility index (Phi) is 6.11. The molecule has 0 radical (unpaired) electrons. The number of nitrogen functional groups attached to an aromatic ring is 1. The van der Waals surface area contributed by atoms with Crippen molar-refractivity contribution in [2.45, 2.75) is 33.7 Å². The summed E-state index contributed by atoms with van der Waals surface area (Å²) < 4.78 is 0. The molecule has 2 amide bonds. The number of fused-ring (bicyclic) bond motifs is 1. The number of amides is 2. The predicted octanol–water partition coefficient (Wildman–Crippen LogP) is 2.86. The molecule has 0 aliphatic rings. The predicted molar refractivity (Wildman–Crippen MR) is 113 cm³/mol. The molecular formula is C21H26N6O2. The van der Waals surface area contributed by atoms with Gasteiger partial charge in [0.2, 0.25) is 0 Å². The lowest BCUT2D eigenvalue weighted by molar-refractivity contribution is -0.144. The number of pyridine rings is 1. The maximum atomic E-state index is 13.0. The van der Waals surface area contributed by atoms with Gasteiger partial charge in [0, 0.05) is 13.1 Å². The maximum absolute atomic E-state index is 13.0. The minimum Gasteiger partial charge on any atom is -0.383 e. The molecule has 8 heteroatoms. The molecule has 8 nitrogen and oxygen atoms in total. The van der Waals surface area contributed by atoms with Crippen LogP contribution in [0.15, 0.2) is 36.7 Å². The number of nitrogens with zero attached hydrogens (tertiary/aromatic N) is 3. The maximum Gasteiger partial charge on any atom is 0.314 e. The van der Waals surface area contributed by atoms with E-state index in [0.29, 0.717) is 35.5 Å². The Morgan fingerprint density at radius 3 is 2.76 bits per heavy atom. The van der Waals surface area contributed by atoms with Gasteiger partial charge in [-0.1, -0.05) is 44.5 Å². The first kappa shape index (κ1) is 20.3. The lowest BCUT2D eigenvalue weighted by Gasteiger charge is -2.26. The van der Waals surface area contributed by atoms with E-state index in [4.69, 9.17) is 5.73 Å². The monoisotopic (exact) mass is 394 g/mol. The number of anilines is 2. The highest BCUT2D eigenvalue weighted by Gasteiger charge is 2.25. The summed E-state index contributed by atoms with van der Waals surface area (Å²) in [5, 5.41) is 9.96. The number of aryl methyl sites for hydroxylation is 1. The molecule has 2 heterocycles. The highest BCUT2D eigenvalue weighted by Crippen LogP contribution is 2.24. The van der Waals surface area contributed by atoms with Crippen LogP contribution in [-0.2, 0) is 16.1 Å². The molecule has 1 aromatic carbocycles. The number of carbonyl (C=O) groups excluding carboxylic acids is 2. The molecule has 1 atom stereocenters. The molecule has 0 unspecified atom stereocenters. The van der Waals surface area contributed by atoms with Crippen molar-refractivity contribution in [2.24, 2.45) is 5.92 Å². The molecule has 0 aliphatic heterocycles. The topological polar surface area (TPSA) is 117 Å². The summed E-state index contributed by atoms with van der Waals surface area (Å²) in [6.07, 6.45) is 3.86. The Labute approximate surface area is 169 Å². The largest absolute Gasteiger partial charge is 0.383 e. The molecule has 0 saturated heterocycles. The fraction of sp³-hybridized carbons (Fsp3) is 0.333. The summed E-state index contributed by atoms with van der Waals surface area (Å²) >= 11 is 0. The summed E-state index contributed by atoms with van der Waals surface area (Å²) in [5.74, 6) is -0.730. The summed E-state index contributed by atoms with van der Waals surface area (Å²) in [5.41, 5.74) is 8.81. The summed E-state index contributed by atoms with van der Waals surface area (Å²) in [7, 11) is 0. The fourth-order valence-corrected chi connectivity index (χ4v) is 3.09. The highest BCUT2D eigenvalue weighted by molar-refractivity contribution is 6.40. The zero-order valence-corrected chi connectivity index (χ0v) is 16.9. The number of aromatic nitrogens is 3. The lowest BCUT2D eigenvalue weighted by atomic mass is 10.1. The van der Waals surface area contributed by atoms with Crippen LogP contribution in [-0.4, -0.2) is 38.4 Å². The van der Waals surface area contributed by atoms with E-state index in [9.17, 15) is 9.59 Å². The second kappa shape index (κ2) is 8.72. The van der Waals surface area contributed by atoms with Gasteiger partial charge in [-0.15, -0.1) is 0 Å². The average molecular weight is 394 g/mol. The number of H-pyrrole nitrogens is 1. The molecule has 2 aromatic heterocycles. The van der Waals surface area contributed by atoms with E-state index in [1.807, 2.05) is 31.2 Å². The second-order valence-electron chi connectivity index (χ2n) is 7.30. The van der Waals surface area contributed by atoms with Crippen LogP contribution in [0.1, 0.15) is 31.4 Å². The SMILES string of the molecule is CC[C@H](C)CN(Cc1ccccc1C)C(=O)C(=O)Nc1cnc(N)c2cn[nH]c12. The molecule has 0 fully saturated rings. The number of hydrogen-bond donors (Lipinski definition) is 3. The van der Waals surface area contributed by atoms with Crippen LogP contribution in [0, 0.1) is 12.8 Å². The van der Waals surface area contributed by atoms with Gasteiger partial charge in [-0.05, 0) is 24.0 Å². The van der Waals surface area contributed by atoms with E-state index in [2.05, 4.69) is 34.3 Å². The third kappa shape index (κ3) is 4.53. The van der Waals surface area contributed by atoms with Crippen LogP contribution in [0.2, 0.25) is 0 Å². The van der Waals surface area contributed by atoms with E-state index >= 15 is 0 Å². The van der Waals surface area contributed by atoms with Gasteiger partial charge in [-0.25, -0.2) is 4.98 Å². The number of nitrogens with two attached hydrogens (primary N) is 1. The van der Waals surface area contributed by atoms with E-state index in [1.165, 1.54) is 12.4 Å². The van der Waals surface area contributed by atoms with Crippen molar-refractivity contribution >= 4 is 34.2 Å². The zero-order chi connectivity index (χ0) is 21.0. The van der Waals surface area contributed by atoms with Gasteiger partial charge >= 0.3 is 11.8 Å².